The average Bonchev–Trinajstić information content (AvgIpc) is 2.73. The van der Waals surface area contributed by atoms with Crippen LogP contribution in [-0.2, 0) is 4.79 Å². The number of amides is 1. The summed E-state index contributed by atoms with van der Waals surface area (Å²) in [6, 6.07) is 11.3. The molecule has 2 heterocycles. The summed E-state index contributed by atoms with van der Waals surface area (Å²) in [6.45, 7) is 5.33. The van der Waals surface area contributed by atoms with Gasteiger partial charge in [0.05, 0.1) is 18.4 Å². The van der Waals surface area contributed by atoms with Gasteiger partial charge in [0.25, 0.3) is 5.91 Å². The number of methoxy groups -OCH3 is 1. The monoisotopic (exact) mass is 380 g/mol. The van der Waals surface area contributed by atoms with Crippen LogP contribution in [0.25, 0.3) is 11.3 Å². The fourth-order valence-corrected chi connectivity index (χ4v) is 3.63. The molecule has 1 atom stereocenters. The molecular formula is C23H28N2O3. The highest BCUT2D eigenvalue weighted by molar-refractivity contribution is 5.94. The van der Waals surface area contributed by atoms with E-state index in [9.17, 15) is 9.59 Å². The summed E-state index contributed by atoms with van der Waals surface area (Å²) >= 11 is 0. The van der Waals surface area contributed by atoms with Gasteiger partial charge in [0.1, 0.15) is 11.5 Å². The van der Waals surface area contributed by atoms with Crippen LogP contribution in [-0.4, -0.2) is 41.8 Å². The second-order valence-corrected chi connectivity index (χ2v) is 7.82. The SMILES string of the molecule is COc1ccc(-c2ccc(C(=O)N3CCC[C@H](C(=O)CC(C)C)C3)cn2)cc1. The molecule has 0 spiro atoms. The number of Topliss-reactive ketones (excluding diaryl/α,β-unsaturated/α-hetero) is 1. The van der Waals surface area contributed by atoms with Crippen molar-refractivity contribution in [2.45, 2.75) is 33.1 Å². The molecule has 28 heavy (non-hydrogen) atoms. The Hall–Kier alpha value is -2.69. The van der Waals surface area contributed by atoms with Crippen molar-refractivity contribution in [2.75, 3.05) is 20.2 Å². The Balaban J connectivity index is 1.67. The maximum atomic E-state index is 12.9. The molecule has 3 rings (SSSR count). The molecular weight excluding hydrogens is 352 g/mol. The minimum Gasteiger partial charge on any atom is -0.497 e. The minimum atomic E-state index is -0.0455. The van der Waals surface area contributed by atoms with E-state index in [1.54, 1.807) is 18.2 Å². The Kier molecular flexibility index (Phi) is 6.45. The van der Waals surface area contributed by atoms with Crippen LogP contribution < -0.4 is 4.74 Å². The number of carbonyl (C=O) groups is 2. The Morgan fingerprint density at radius 3 is 2.54 bits per heavy atom. The van der Waals surface area contributed by atoms with Gasteiger partial charge >= 0.3 is 0 Å². The molecule has 0 aliphatic carbocycles. The van der Waals surface area contributed by atoms with Gasteiger partial charge in [-0.25, -0.2) is 0 Å². The molecule has 1 amide bonds. The molecule has 0 saturated carbocycles. The van der Waals surface area contributed by atoms with Crippen LogP contribution >= 0.6 is 0 Å². The van der Waals surface area contributed by atoms with Crippen molar-refractivity contribution >= 4 is 11.7 Å². The molecule has 5 heteroatoms. The van der Waals surface area contributed by atoms with Gasteiger partial charge in [0, 0.05) is 37.2 Å². The van der Waals surface area contributed by atoms with E-state index in [0.717, 1.165) is 29.8 Å². The van der Waals surface area contributed by atoms with E-state index in [1.807, 2.05) is 36.4 Å². The number of ether oxygens (including phenoxy) is 1. The lowest BCUT2D eigenvalue weighted by Crippen LogP contribution is -2.42. The number of nitrogens with zero attached hydrogens (tertiary/aromatic N) is 2. The van der Waals surface area contributed by atoms with Crippen molar-refractivity contribution in [3.63, 3.8) is 0 Å². The van der Waals surface area contributed by atoms with E-state index in [-0.39, 0.29) is 17.6 Å². The third kappa shape index (κ3) is 4.77. The molecule has 1 saturated heterocycles. The van der Waals surface area contributed by atoms with Gasteiger partial charge in [-0.15, -0.1) is 0 Å². The second kappa shape index (κ2) is 9.00. The summed E-state index contributed by atoms with van der Waals surface area (Å²) in [5.41, 5.74) is 2.34. The Labute approximate surface area is 166 Å². The van der Waals surface area contributed by atoms with E-state index < -0.39 is 0 Å². The van der Waals surface area contributed by atoms with Gasteiger partial charge in [0.15, 0.2) is 0 Å². The summed E-state index contributed by atoms with van der Waals surface area (Å²) in [5.74, 6) is 1.35. The number of benzene rings is 1. The van der Waals surface area contributed by atoms with Crippen LogP contribution in [0.4, 0.5) is 0 Å². The quantitative estimate of drug-likeness (QED) is 0.753. The van der Waals surface area contributed by atoms with E-state index in [1.165, 1.54) is 0 Å². The fraction of sp³-hybridized carbons (Fsp3) is 0.435. The van der Waals surface area contributed by atoms with Crippen LogP contribution in [0.5, 0.6) is 5.75 Å². The van der Waals surface area contributed by atoms with E-state index in [2.05, 4.69) is 18.8 Å². The first-order valence-corrected chi connectivity index (χ1v) is 9.90. The number of carbonyl (C=O) groups excluding carboxylic acids is 2. The molecule has 1 fully saturated rings. The van der Waals surface area contributed by atoms with Gasteiger partial charge in [0.2, 0.25) is 0 Å². The van der Waals surface area contributed by atoms with Crippen molar-refractivity contribution in [2.24, 2.45) is 11.8 Å². The molecule has 0 N–H and O–H groups in total. The van der Waals surface area contributed by atoms with E-state index >= 15 is 0 Å². The van der Waals surface area contributed by atoms with Crippen molar-refractivity contribution < 1.29 is 14.3 Å². The molecule has 0 bridgehead atoms. The number of ketones is 1. The normalized spacial score (nSPS) is 16.9. The summed E-state index contributed by atoms with van der Waals surface area (Å²) in [6.07, 6.45) is 3.97. The third-order valence-electron chi connectivity index (χ3n) is 5.17. The molecule has 0 unspecified atom stereocenters. The summed E-state index contributed by atoms with van der Waals surface area (Å²) in [4.78, 5) is 31.5. The Morgan fingerprint density at radius 1 is 1.18 bits per heavy atom. The largest absolute Gasteiger partial charge is 0.497 e. The van der Waals surface area contributed by atoms with E-state index in [0.29, 0.717) is 31.0 Å². The average molecular weight is 380 g/mol. The van der Waals surface area contributed by atoms with Crippen molar-refractivity contribution in [3.05, 3.63) is 48.2 Å². The Bertz CT molecular complexity index is 813. The number of hydrogen-bond acceptors (Lipinski definition) is 4. The predicted octanol–water partition coefficient (Wildman–Crippen LogP) is 4.22. The zero-order valence-corrected chi connectivity index (χ0v) is 16.9. The summed E-state index contributed by atoms with van der Waals surface area (Å²) < 4.78 is 5.17. The van der Waals surface area contributed by atoms with Crippen LogP contribution in [0.1, 0.15) is 43.5 Å². The molecule has 0 radical (unpaired) electrons. The van der Waals surface area contributed by atoms with E-state index in [4.69, 9.17) is 4.74 Å². The highest BCUT2D eigenvalue weighted by Crippen LogP contribution is 2.24. The lowest BCUT2D eigenvalue weighted by Gasteiger charge is -2.32. The van der Waals surface area contributed by atoms with Crippen molar-refractivity contribution in [1.29, 1.82) is 0 Å². The molecule has 1 aliphatic rings. The first kappa shape index (κ1) is 20.1. The predicted molar refractivity (Wildman–Crippen MR) is 109 cm³/mol. The first-order valence-electron chi connectivity index (χ1n) is 9.90. The van der Waals surface area contributed by atoms with Crippen LogP contribution in [0.15, 0.2) is 42.6 Å². The van der Waals surface area contributed by atoms with Gasteiger partial charge in [-0.3, -0.25) is 14.6 Å². The summed E-state index contributed by atoms with van der Waals surface area (Å²) in [5, 5.41) is 0. The highest BCUT2D eigenvalue weighted by Gasteiger charge is 2.29. The lowest BCUT2D eigenvalue weighted by molar-refractivity contribution is -0.124. The topological polar surface area (TPSA) is 59.5 Å². The zero-order chi connectivity index (χ0) is 20.1. The number of likely N-dealkylation sites (tertiary alicyclic amines) is 1. The van der Waals surface area contributed by atoms with Gasteiger partial charge in [-0.1, -0.05) is 13.8 Å². The number of rotatable bonds is 6. The first-order chi connectivity index (χ1) is 13.5. The number of pyridine rings is 1. The van der Waals surface area contributed by atoms with Crippen molar-refractivity contribution in [1.82, 2.24) is 9.88 Å². The third-order valence-corrected chi connectivity index (χ3v) is 5.17. The Morgan fingerprint density at radius 2 is 1.93 bits per heavy atom. The number of aromatic nitrogens is 1. The second-order valence-electron chi connectivity index (χ2n) is 7.82. The minimum absolute atomic E-state index is 0.0355. The van der Waals surface area contributed by atoms with Gasteiger partial charge < -0.3 is 9.64 Å². The molecule has 2 aromatic rings. The fourth-order valence-electron chi connectivity index (χ4n) is 3.63. The van der Waals surface area contributed by atoms with Crippen LogP contribution in [0, 0.1) is 11.8 Å². The smallest absolute Gasteiger partial charge is 0.255 e. The highest BCUT2D eigenvalue weighted by atomic mass is 16.5. The van der Waals surface area contributed by atoms with Crippen LogP contribution in [0.3, 0.4) is 0 Å². The molecule has 1 aromatic carbocycles. The maximum absolute atomic E-state index is 12.9. The molecule has 148 valence electrons. The lowest BCUT2D eigenvalue weighted by atomic mass is 9.89. The van der Waals surface area contributed by atoms with Crippen LogP contribution in [0.2, 0.25) is 0 Å². The number of piperidine rings is 1. The standard InChI is InChI=1S/C23H28N2O3/c1-16(2)13-22(26)19-5-4-12-25(15-19)23(27)18-8-11-21(24-14-18)17-6-9-20(28-3)10-7-17/h6-11,14,16,19H,4-5,12-13,15H2,1-3H3/t19-/m0/s1. The number of hydrogen-bond donors (Lipinski definition) is 0. The molecule has 5 nitrogen and oxygen atoms in total. The maximum Gasteiger partial charge on any atom is 0.255 e. The van der Waals surface area contributed by atoms with Gasteiger partial charge in [-0.05, 0) is 55.2 Å². The van der Waals surface area contributed by atoms with Gasteiger partial charge in [-0.2, -0.15) is 0 Å². The summed E-state index contributed by atoms with van der Waals surface area (Å²) in [7, 11) is 1.63. The van der Waals surface area contributed by atoms with Crippen molar-refractivity contribution in [3.8, 4) is 17.0 Å². The molecule has 1 aromatic heterocycles. The molecule has 1 aliphatic heterocycles. The zero-order valence-electron chi connectivity index (χ0n) is 16.9.